The smallest absolute Gasteiger partial charge is 0.0536 e. The van der Waals surface area contributed by atoms with Gasteiger partial charge in [-0.15, -0.1) is 0 Å². The number of hydrogen-bond donors (Lipinski definition) is 3. The van der Waals surface area contributed by atoms with Crippen molar-refractivity contribution < 1.29 is 0 Å². The Morgan fingerprint density at radius 2 is 0.479 bits per heavy atom. The fourth-order valence-corrected chi connectivity index (χ4v) is 25.6. The van der Waals surface area contributed by atoms with Crippen molar-refractivity contribution >= 4 is 132 Å². The Morgan fingerprint density at radius 3 is 1.04 bits per heavy atom. The zero-order valence-electron chi connectivity index (χ0n) is 77.7. The number of allylic oxidation sites excluding steroid dienone is 4. The Kier molecular flexibility index (Phi) is 18.6. The quantitative estimate of drug-likeness (QED) is 0.136. The van der Waals surface area contributed by atoms with Crippen molar-refractivity contribution in [2.75, 3.05) is 0 Å². The maximum Gasteiger partial charge on any atom is 0.0536 e. The number of H-pyrrole nitrogens is 3. The van der Waals surface area contributed by atoms with Crippen molar-refractivity contribution in [2.45, 2.75) is 70.6 Å². The highest BCUT2D eigenvalue weighted by Gasteiger charge is 2.30. The summed E-state index contributed by atoms with van der Waals surface area (Å²) in [5.41, 5.74) is 55.7. The van der Waals surface area contributed by atoms with Crippen molar-refractivity contribution in [3.05, 3.63) is 523 Å². The zero-order chi connectivity index (χ0) is 91.7. The fraction of sp³-hybridized carbons (Fsp3) is 0.0803. The lowest BCUT2D eigenvalue weighted by molar-refractivity contribution is 1.27. The summed E-state index contributed by atoms with van der Waals surface area (Å²) in [6.45, 7) is 0. The maximum absolute atomic E-state index is 3.42. The third kappa shape index (κ3) is 13.1. The van der Waals surface area contributed by atoms with E-state index in [1.54, 1.807) is 0 Å². The molecule has 0 saturated heterocycles. The van der Waals surface area contributed by atoms with Gasteiger partial charge in [-0.3, -0.25) is 0 Å². The second-order valence-corrected chi connectivity index (χ2v) is 39.8. The van der Waals surface area contributed by atoms with Crippen LogP contribution in [0.5, 0.6) is 0 Å². The highest BCUT2D eigenvalue weighted by atomic mass is 14.7. The van der Waals surface area contributed by atoms with Crippen LogP contribution >= 0.6 is 0 Å². The summed E-state index contributed by atoms with van der Waals surface area (Å²) < 4.78 is 0. The van der Waals surface area contributed by atoms with E-state index in [-0.39, 0.29) is 0 Å². The molecular weight excluding hydrogens is 1690 g/mol. The van der Waals surface area contributed by atoms with Crippen LogP contribution in [0, 0.1) is 0 Å². The minimum absolute atomic E-state index is 1.04. The van der Waals surface area contributed by atoms with Gasteiger partial charge in [0.05, 0.1) is 16.6 Å². The molecule has 0 bridgehead atoms. The molecule has 0 amide bonds. The molecular formula is C137H95N3. The summed E-state index contributed by atoms with van der Waals surface area (Å²) in [6, 6.07) is 132. The van der Waals surface area contributed by atoms with Crippen LogP contribution in [-0.2, 0) is 70.6 Å². The summed E-state index contributed by atoms with van der Waals surface area (Å²) in [5, 5.41) is 23.3. The average molecular weight is 1780 g/mol. The monoisotopic (exact) mass is 1780 g/mol. The molecule has 140 heavy (non-hydrogen) atoms. The summed E-state index contributed by atoms with van der Waals surface area (Å²) in [6.07, 6.45) is 36.0. The van der Waals surface area contributed by atoms with E-state index >= 15 is 0 Å². The van der Waals surface area contributed by atoms with E-state index in [0.29, 0.717) is 0 Å². The average Bonchev–Trinajstić information content (AvgIpc) is 1.59. The van der Waals surface area contributed by atoms with E-state index in [9.17, 15) is 0 Å². The standard InChI is InChI=1S/4C20H14.3C19H13N/c2*1-2-7-17-15(4-1)12-20-18(17)9-8-16-10-13-5-3-6-14(13)11-19(16)20;1-2-6-16-15(4-1)12-19-18(16)11-10-14-9-8-13-5-3-7-17(13)20(14)19;1-2-6-16-14(4-1)12-20-18(16)11-10-17-15-7-3-5-13(15)8-9-19(17)20;1-2-4-16-13(3-1)9-15-11-18-14(10-17(15)16)6-5-12-7-8-20-19(12)18;1-2-4-14-13(3-1)11-18-15(14)7-8-17-16(18)6-5-12-9-10-20-19(12)17;1-2-4-15-14(3-1)11-17-16(15)8-7-12-5-6-13-9-10-20-19(13)18(12)17/h1-4,6-11H,5,12H2;1-5,7-11H,6,12H2;2*1-4,6-11H,5,12H2;1-8,10-11,20H,9H2;2*1-10,20H,11H2. The van der Waals surface area contributed by atoms with E-state index < -0.39 is 0 Å². The minimum Gasteiger partial charge on any atom is -0.361 e. The van der Waals surface area contributed by atoms with Crippen LogP contribution in [0.1, 0.15) is 122 Å². The molecule has 21 aromatic carbocycles. The molecule has 0 atom stereocenters. The van der Waals surface area contributed by atoms with E-state index in [0.717, 1.165) is 70.6 Å². The maximum atomic E-state index is 3.42. The molecule has 0 aliphatic heterocycles. The SMILES string of the molecule is C1=Cc2c(ccc3c4c(ccc23)-c2ccccc2C4)C1.C1=Cc2c(ccc3ccc4c(c23)Cc2ccccc2-4)C1.C1=Cc2cc3c4c(ccc3cc2C1)-c1ccccc1C4.C1=Cc2cc3ccc4c(c3cc2C1)Cc1ccccc1-4.c1ccc2c(c1)Cc1c-2ccc2c1ccc1cc[nH]c12.c1ccc2c(c1)Cc1c-2ccc2ccc3cc[nH]c3c12.c1ccc2c(c1)Cc1cc3c(ccc4cc[nH]c43)cc1-2. The summed E-state index contributed by atoms with van der Waals surface area (Å²) in [4.78, 5) is 10.2. The molecule has 24 aromatic rings. The van der Waals surface area contributed by atoms with Crippen molar-refractivity contribution in [3.63, 3.8) is 0 Å². The molecule has 0 fully saturated rings. The number of rotatable bonds is 0. The number of nitrogens with one attached hydrogen (secondary N) is 3. The van der Waals surface area contributed by atoms with Crippen molar-refractivity contribution in [1.82, 2.24) is 15.0 Å². The Hall–Kier alpha value is -17.0. The van der Waals surface area contributed by atoms with Gasteiger partial charge in [-0.25, -0.2) is 0 Å². The van der Waals surface area contributed by atoms with Gasteiger partial charge in [-0.2, -0.15) is 0 Å². The van der Waals surface area contributed by atoms with Gasteiger partial charge in [-0.1, -0.05) is 358 Å². The Bertz CT molecular complexity index is 9500. The first kappa shape index (κ1) is 80.3. The van der Waals surface area contributed by atoms with Gasteiger partial charge in [0.1, 0.15) is 0 Å². The summed E-state index contributed by atoms with van der Waals surface area (Å²) in [7, 11) is 0. The third-order valence-electron chi connectivity index (χ3n) is 32.3. The summed E-state index contributed by atoms with van der Waals surface area (Å²) >= 11 is 0. The highest BCUT2D eigenvalue weighted by Crippen LogP contribution is 2.51. The minimum atomic E-state index is 1.04. The van der Waals surface area contributed by atoms with Crippen LogP contribution < -0.4 is 0 Å². The topological polar surface area (TPSA) is 47.4 Å². The molecule has 3 heterocycles. The van der Waals surface area contributed by atoms with Crippen LogP contribution in [0.2, 0.25) is 0 Å². The molecule has 3 aromatic heterocycles. The lowest BCUT2D eigenvalue weighted by Crippen LogP contribution is -1.90. The van der Waals surface area contributed by atoms with E-state index in [4.69, 9.17) is 0 Å². The molecule has 658 valence electrons. The molecule has 11 aliphatic carbocycles. The highest BCUT2D eigenvalue weighted by molar-refractivity contribution is 6.13. The lowest BCUT2D eigenvalue weighted by atomic mass is 9.93. The third-order valence-corrected chi connectivity index (χ3v) is 32.3. The Morgan fingerprint density at radius 1 is 0.157 bits per heavy atom. The molecule has 3 N–H and O–H groups in total. The normalized spacial score (nSPS) is 13.7. The van der Waals surface area contributed by atoms with Gasteiger partial charge >= 0.3 is 0 Å². The van der Waals surface area contributed by atoms with Gasteiger partial charge in [0.2, 0.25) is 0 Å². The first-order valence-corrected chi connectivity index (χ1v) is 50.0. The molecule has 3 heteroatoms. The molecule has 0 unspecified atom stereocenters. The predicted molar refractivity (Wildman–Crippen MR) is 592 cm³/mol. The second-order valence-electron chi connectivity index (χ2n) is 39.8. The predicted octanol–water partition coefficient (Wildman–Crippen LogP) is 34.6. The van der Waals surface area contributed by atoms with Crippen molar-refractivity contribution in [1.29, 1.82) is 0 Å². The van der Waals surface area contributed by atoms with Crippen LogP contribution in [0.4, 0.5) is 0 Å². The Balaban J connectivity index is 0.0000000784. The number of aromatic nitrogens is 3. The fourth-order valence-electron chi connectivity index (χ4n) is 25.6. The first-order chi connectivity index (χ1) is 69.4. The van der Waals surface area contributed by atoms with Crippen LogP contribution in [-0.4, -0.2) is 15.0 Å². The molecule has 0 saturated carbocycles. The summed E-state index contributed by atoms with van der Waals surface area (Å²) in [5.74, 6) is 0. The van der Waals surface area contributed by atoms with Gasteiger partial charge in [0, 0.05) is 50.9 Å². The van der Waals surface area contributed by atoms with E-state index in [1.807, 2.05) is 18.6 Å². The molecule has 11 aliphatic rings. The van der Waals surface area contributed by atoms with Gasteiger partial charge in [0.25, 0.3) is 0 Å². The van der Waals surface area contributed by atoms with E-state index in [2.05, 4.69) is 421 Å². The Labute approximate surface area is 813 Å². The largest absolute Gasteiger partial charge is 0.361 e. The van der Waals surface area contributed by atoms with E-state index in [1.165, 1.54) is 308 Å². The van der Waals surface area contributed by atoms with Gasteiger partial charge in [-0.05, 0) is 379 Å². The molecule has 0 radical (unpaired) electrons. The van der Waals surface area contributed by atoms with Gasteiger partial charge in [0.15, 0.2) is 0 Å². The number of hydrogen-bond acceptors (Lipinski definition) is 0. The van der Waals surface area contributed by atoms with Gasteiger partial charge < -0.3 is 15.0 Å². The first-order valence-electron chi connectivity index (χ1n) is 50.0. The van der Waals surface area contributed by atoms with Crippen LogP contribution in [0.15, 0.2) is 401 Å². The van der Waals surface area contributed by atoms with Crippen LogP contribution in [0.25, 0.3) is 210 Å². The molecule has 0 spiro atoms. The number of aromatic amines is 3. The molecule has 35 rings (SSSR count). The second kappa shape index (κ2) is 32.4. The van der Waals surface area contributed by atoms with Crippen molar-refractivity contribution in [2.24, 2.45) is 0 Å². The lowest BCUT2D eigenvalue weighted by Gasteiger charge is -2.10. The zero-order valence-corrected chi connectivity index (χ0v) is 77.7. The number of benzene rings is 21. The van der Waals surface area contributed by atoms with Crippen molar-refractivity contribution in [3.8, 4) is 77.9 Å². The van der Waals surface area contributed by atoms with Crippen LogP contribution in [0.3, 0.4) is 0 Å². The number of fused-ring (bicyclic) bond motifs is 46. The molecule has 3 nitrogen and oxygen atoms in total.